The first-order chi connectivity index (χ1) is 7.43. The first kappa shape index (κ1) is 12.5. The van der Waals surface area contributed by atoms with Gasteiger partial charge < -0.3 is 15.7 Å². The molecular formula is C10H16N2O4. The van der Waals surface area contributed by atoms with Crippen molar-refractivity contribution in [3.05, 3.63) is 0 Å². The van der Waals surface area contributed by atoms with Crippen LogP contribution in [-0.4, -0.2) is 40.4 Å². The molecule has 16 heavy (non-hydrogen) atoms. The predicted octanol–water partition coefficient (Wildman–Crippen LogP) is -0.426. The van der Waals surface area contributed by atoms with E-state index in [1.165, 1.54) is 4.90 Å². The quantitative estimate of drug-likeness (QED) is 0.682. The second-order valence-electron chi connectivity index (χ2n) is 4.10. The van der Waals surface area contributed by atoms with Gasteiger partial charge >= 0.3 is 5.97 Å². The molecule has 0 bridgehead atoms. The smallest absolute Gasteiger partial charge is 0.326 e. The standard InChI is InChI=1S/C10H16N2O4/c1-6(5-8(11)13)9(14)12-4-2-3-7(12)10(15)16/h6-7H,2-5H2,1H3,(H2,11,13)(H,15,16)/t6?,7-/m0/s1. The van der Waals surface area contributed by atoms with Crippen molar-refractivity contribution in [1.29, 1.82) is 0 Å². The minimum Gasteiger partial charge on any atom is -0.480 e. The molecule has 0 spiro atoms. The molecule has 1 unspecified atom stereocenters. The highest BCUT2D eigenvalue weighted by Gasteiger charge is 2.35. The highest BCUT2D eigenvalue weighted by Crippen LogP contribution is 2.20. The van der Waals surface area contributed by atoms with E-state index in [2.05, 4.69) is 0 Å². The number of aliphatic carboxylic acids is 1. The van der Waals surface area contributed by atoms with Crippen molar-refractivity contribution in [3.8, 4) is 0 Å². The van der Waals surface area contributed by atoms with Crippen molar-refractivity contribution in [3.63, 3.8) is 0 Å². The van der Waals surface area contributed by atoms with E-state index in [9.17, 15) is 14.4 Å². The second-order valence-corrected chi connectivity index (χ2v) is 4.10. The summed E-state index contributed by atoms with van der Waals surface area (Å²) < 4.78 is 0. The number of hydrogen-bond donors (Lipinski definition) is 2. The Labute approximate surface area is 93.4 Å². The summed E-state index contributed by atoms with van der Waals surface area (Å²) in [5.74, 6) is -2.38. The van der Waals surface area contributed by atoms with E-state index in [4.69, 9.17) is 10.8 Å². The van der Waals surface area contributed by atoms with Crippen LogP contribution in [0.3, 0.4) is 0 Å². The summed E-state index contributed by atoms with van der Waals surface area (Å²) in [6, 6.07) is -0.747. The maximum absolute atomic E-state index is 11.9. The summed E-state index contributed by atoms with van der Waals surface area (Å²) in [4.78, 5) is 34.7. The van der Waals surface area contributed by atoms with Crippen LogP contribution in [-0.2, 0) is 14.4 Å². The summed E-state index contributed by atoms with van der Waals surface area (Å²) in [6.45, 7) is 2.03. The molecule has 3 N–H and O–H groups in total. The van der Waals surface area contributed by atoms with E-state index in [1.807, 2.05) is 0 Å². The van der Waals surface area contributed by atoms with Crippen molar-refractivity contribution >= 4 is 17.8 Å². The van der Waals surface area contributed by atoms with Crippen LogP contribution in [0.25, 0.3) is 0 Å². The zero-order chi connectivity index (χ0) is 12.3. The van der Waals surface area contributed by atoms with Gasteiger partial charge in [0.1, 0.15) is 6.04 Å². The molecule has 1 rings (SSSR count). The summed E-state index contributed by atoms with van der Waals surface area (Å²) in [7, 11) is 0. The monoisotopic (exact) mass is 228 g/mol. The number of carboxylic acid groups (broad SMARTS) is 1. The molecule has 90 valence electrons. The number of likely N-dealkylation sites (tertiary alicyclic amines) is 1. The number of nitrogens with two attached hydrogens (primary N) is 1. The van der Waals surface area contributed by atoms with E-state index in [1.54, 1.807) is 6.92 Å². The molecule has 1 fully saturated rings. The van der Waals surface area contributed by atoms with E-state index in [-0.39, 0.29) is 12.3 Å². The Morgan fingerprint density at radius 2 is 2.12 bits per heavy atom. The lowest BCUT2D eigenvalue weighted by molar-refractivity contribution is -0.150. The molecular weight excluding hydrogens is 212 g/mol. The first-order valence-electron chi connectivity index (χ1n) is 5.25. The van der Waals surface area contributed by atoms with Crippen molar-refractivity contribution in [1.82, 2.24) is 4.90 Å². The number of amides is 2. The van der Waals surface area contributed by atoms with Gasteiger partial charge in [-0.1, -0.05) is 6.92 Å². The normalized spacial score (nSPS) is 21.8. The van der Waals surface area contributed by atoms with Crippen LogP contribution >= 0.6 is 0 Å². The van der Waals surface area contributed by atoms with Gasteiger partial charge in [0, 0.05) is 18.9 Å². The number of primary amides is 1. The minimum absolute atomic E-state index is 0.0400. The number of carbonyl (C=O) groups excluding carboxylic acids is 2. The number of hydrogen-bond acceptors (Lipinski definition) is 3. The Bertz CT molecular complexity index is 316. The number of carbonyl (C=O) groups is 3. The van der Waals surface area contributed by atoms with Crippen LogP contribution in [0.5, 0.6) is 0 Å². The molecule has 2 atom stereocenters. The van der Waals surface area contributed by atoms with E-state index >= 15 is 0 Å². The molecule has 0 aliphatic carbocycles. The Morgan fingerprint density at radius 1 is 1.50 bits per heavy atom. The Hall–Kier alpha value is -1.59. The summed E-state index contributed by atoms with van der Waals surface area (Å²) in [6.07, 6.45) is 1.12. The largest absolute Gasteiger partial charge is 0.480 e. The van der Waals surface area contributed by atoms with Crippen LogP contribution in [0.4, 0.5) is 0 Å². The van der Waals surface area contributed by atoms with E-state index < -0.39 is 23.8 Å². The third-order valence-corrected chi connectivity index (χ3v) is 2.75. The van der Waals surface area contributed by atoms with E-state index in [0.717, 1.165) is 0 Å². The zero-order valence-corrected chi connectivity index (χ0v) is 9.18. The van der Waals surface area contributed by atoms with Crippen molar-refractivity contribution in [2.45, 2.75) is 32.2 Å². The van der Waals surface area contributed by atoms with Crippen molar-refractivity contribution in [2.75, 3.05) is 6.54 Å². The van der Waals surface area contributed by atoms with Crippen LogP contribution in [0.1, 0.15) is 26.2 Å². The molecule has 6 heteroatoms. The van der Waals surface area contributed by atoms with Crippen LogP contribution in [0, 0.1) is 5.92 Å². The SMILES string of the molecule is CC(CC(N)=O)C(=O)N1CCC[C@H]1C(=O)O. The van der Waals surface area contributed by atoms with Crippen LogP contribution < -0.4 is 5.73 Å². The molecule has 1 heterocycles. The highest BCUT2D eigenvalue weighted by molar-refractivity contribution is 5.88. The summed E-state index contributed by atoms with van der Waals surface area (Å²) in [5, 5.41) is 8.91. The molecule has 1 aliphatic heterocycles. The molecule has 1 aliphatic rings. The van der Waals surface area contributed by atoms with Gasteiger partial charge in [0.05, 0.1) is 0 Å². The fourth-order valence-corrected chi connectivity index (χ4v) is 1.96. The number of nitrogens with zero attached hydrogens (tertiary/aromatic N) is 1. The fraction of sp³-hybridized carbons (Fsp3) is 0.700. The van der Waals surface area contributed by atoms with Gasteiger partial charge in [-0.15, -0.1) is 0 Å². The summed E-state index contributed by atoms with van der Waals surface area (Å²) >= 11 is 0. The topological polar surface area (TPSA) is 101 Å². The summed E-state index contributed by atoms with van der Waals surface area (Å²) in [5.41, 5.74) is 5.00. The van der Waals surface area contributed by atoms with Gasteiger partial charge in [-0.2, -0.15) is 0 Å². The van der Waals surface area contributed by atoms with Gasteiger partial charge in [0.15, 0.2) is 0 Å². The molecule has 0 aromatic heterocycles. The molecule has 2 amide bonds. The van der Waals surface area contributed by atoms with Gasteiger partial charge in [0.2, 0.25) is 11.8 Å². The molecule has 0 radical (unpaired) electrons. The Morgan fingerprint density at radius 3 is 2.62 bits per heavy atom. The van der Waals surface area contributed by atoms with Crippen LogP contribution in [0.2, 0.25) is 0 Å². The van der Waals surface area contributed by atoms with Crippen LogP contribution in [0.15, 0.2) is 0 Å². The van der Waals surface area contributed by atoms with Gasteiger partial charge in [-0.25, -0.2) is 4.79 Å². The molecule has 1 saturated heterocycles. The number of carboxylic acids is 1. The average molecular weight is 228 g/mol. The maximum atomic E-state index is 11.9. The Balaban J connectivity index is 2.65. The van der Waals surface area contributed by atoms with Gasteiger partial charge in [-0.3, -0.25) is 9.59 Å². The fourth-order valence-electron chi connectivity index (χ4n) is 1.96. The van der Waals surface area contributed by atoms with Crippen molar-refractivity contribution < 1.29 is 19.5 Å². The van der Waals surface area contributed by atoms with Crippen molar-refractivity contribution in [2.24, 2.45) is 11.7 Å². The first-order valence-corrected chi connectivity index (χ1v) is 5.25. The van der Waals surface area contributed by atoms with Gasteiger partial charge in [0.25, 0.3) is 0 Å². The lowest BCUT2D eigenvalue weighted by Gasteiger charge is -2.24. The third kappa shape index (κ3) is 2.71. The minimum atomic E-state index is -0.989. The molecule has 0 saturated carbocycles. The predicted molar refractivity (Wildman–Crippen MR) is 55.3 cm³/mol. The molecule has 0 aromatic carbocycles. The lowest BCUT2D eigenvalue weighted by atomic mass is 10.1. The van der Waals surface area contributed by atoms with Gasteiger partial charge in [-0.05, 0) is 12.8 Å². The van der Waals surface area contributed by atoms with E-state index in [0.29, 0.717) is 19.4 Å². The Kier molecular flexibility index (Phi) is 3.87. The highest BCUT2D eigenvalue weighted by atomic mass is 16.4. The molecule has 0 aromatic rings. The molecule has 6 nitrogen and oxygen atoms in total. The maximum Gasteiger partial charge on any atom is 0.326 e. The third-order valence-electron chi connectivity index (χ3n) is 2.75. The second kappa shape index (κ2) is 4.96. The lowest BCUT2D eigenvalue weighted by Crippen LogP contribution is -2.43. The zero-order valence-electron chi connectivity index (χ0n) is 9.18. The average Bonchev–Trinajstić information content (AvgIpc) is 2.63. The number of rotatable bonds is 4.